The zero-order valence-electron chi connectivity index (χ0n) is 11.2. The van der Waals surface area contributed by atoms with Gasteiger partial charge in [-0.15, -0.1) is 0 Å². The van der Waals surface area contributed by atoms with Crippen molar-refractivity contribution >= 4 is 17.7 Å². The Morgan fingerprint density at radius 3 is 2.67 bits per heavy atom. The molecule has 18 heavy (non-hydrogen) atoms. The summed E-state index contributed by atoms with van der Waals surface area (Å²) in [7, 11) is 0. The van der Waals surface area contributed by atoms with E-state index in [0.717, 1.165) is 11.5 Å². The summed E-state index contributed by atoms with van der Waals surface area (Å²) in [5.41, 5.74) is 2.42. The van der Waals surface area contributed by atoms with Crippen LogP contribution in [0.3, 0.4) is 0 Å². The van der Waals surface area contributed by atoms with Crippen molar-refractivity contribution in [1.82, 2.24) is 0 Å². The molecule has 0 aliphatic rings. The van der Waals surface area contributed by atoms with Gasteiger partial charge in [0.2, 0.25) is 0 Å². The number of rotatable bonds is 7. The summed E-state index contributed by atoms with van der Waals surface area (Å²) < 4.78 is 10.5. The summed E-state index contributed by atoms with van der Waals surface area (Å²) in [6, 6.07) is 5.91. The molecule has 0 saturated carbocycles. The van der Waals surface area contributed by atoms with E-state index in [2.05, 4.69) is 6.92 Å². The number of thioether (sulfide) groups is 1. The van der Waals surface area contributed by atoms with Gasteiger partial charge in [0, 0.05) is 5.75 Å². The summed E-state index contributed by atoms with van der Waals surface area (Å²) in [5.74, 6) is 1.44. The van der Waals surface area contributed by atoms with E-state index in [1.165, 1.54) is 11.1 Å². The van der Waals surface area contributed by atoms with Crippen LogP contribution in [0, 0.1) is 13.8 Å². The minimum Gasteiger partial charge on any atom is -0.493 e. The second-order valence-corrected chi connectivity index (χ2v) is 5.04. The Labute approximate surface area is 113 Å². The van der Waals surface area contributed by atoms with Gasteiger partial charge in [0.1, 0.15) is 12.4 Å². The monoisotopic (exact) mass is 268 g/mol. The molecule has 0 spiro atoms. The van der Waals surface area contributed by atoms with E-state index < -0.39 is 0 Å². The van der Waals surface area contributed by atoms with Gasteiger partial charge in [-0.1, -0.05) is 6.07 Å². The number of hydrogen-bond donors (Lipinski definition) is 0. The van der Waals surface area contributed by atoms with Gasteiger partial charge in [-0.2, -0.15) is 11.8 Å². The Balaban J connectivity index is 2.24. The predicted octanol–water partition coefficient (Wildman–Crippen LogP) is 2.98. The van der Waals surface area contributed by atoms with Crippen molar-refractivity contribution in [3.05, 3.63) is 29.3 Å². The van der Waals surface area contributed by atoms with Gasteiger partial charge in [-0.3, -0.25) is 4.79 Å². The Morgan fingerprint density at radius 1 is 1.22 bits per heavy atom. The number of carbonyl (C=O) groups is 1. The summed E-state index contributed by atoms with van der Waals surface area (Å²) >= 11 is 1.66. The van der Waals surface area contributed by atoms with Crippen LogP contribution in [-0.4, -0.2) is 31.2 Å². The van der Waals surface area contributed by atoms with E-state index in [1.54, 1.807) is 11.8 Å². The normalized spacial score (nSPS) is 10.2. The Hall–Kier alpha value is -1.16. The van der Waals surface area contributed by atoms with Crippen LogP contribution in [0.2, 0.25) is 0 Å². The van der Waals surface area contributed by atoms with Crippen molar-refractivity contribution in [3.8, 4) is 5.75 Å². The first kappa shape index (κ1) is 14.9. The molecule has 0 saturated heterocycles. The Morgan fingerprint density at radius 2 is 2.00 bits per heavy atom. The fraction of sp³-hybridized carbons (Fsp3) is 0.500. The molecule has 0 fully saturated rings. The number of benzene rings is 1. The molecule has 1 aromatic rings. The minimum absolute atomic E-state index is 0.201. The predicted molar refractivity (Wildman–Crippen MR) is 75.4 cm³/mol. The maximum atomic E-state index is 11.3. The molecular weight excluding hydrogens is 248 g/mol. The van der Waals surface area contributed by atoms with Crippen LogP contribution in [0.15, 0.2) is 18.2 Å². The maximum absolute atomic E-state index is 11.3. The lowest BCUT2D eigenvalue weighted by Gasteiger charge is -2.08. The highest BCUT2D eigenvalue weighted by Crippen LogP contribution is 2.16. The van der Waals surface area contributed by atoms with Crippen molar-refractivity contribution in [3.63, 3.8) is 0 Å². The zero-order valence-corrected chi connectivity index (χ0v) is 12.0. The van der Waals surface area contributed by atoms with E-state index >= 15 is 0 Å². The SMILES string of the molecule is CSCCOC(=O)CCOc1ccc(C)c(C)c1. The third-order valence-electron chi connectivity index (χ3n) is 2.60. The van der Waals surface area contributed by atoms with Gasteiger partial charge in [-0.05, 0) is 43.4 Å². The van der Waals surface area contributed by atoms with Crippen LogP contribution >= 0.6 is 11.8 Å². The van der Waals surface area contributed by atoms with Crippen molar-refractivity contribution in [2.45, 2.75) is 20.3 Å². The molecule has 100 valence electrons. The van der Waals surface area contributed by atoms with E-state index in [0.29, 0.717) is 19.6 Å². The Kier molecular flexibility index (Phi) is 6.65. The molecule has 0 aliphatic carbocycles. The smallest absolute Gasteiger partial charge is 0.309 e. The van der Waals surface area contributed by atoms with Gasteiger partial charge < -0.3 is 9.47 Å². The topological polar surface area (TPSA) is 35.5 Å². The summed E-state index contributed by atoms with van der Waals surface area (Å²) in [5, 5.41) is 0. The van der Waals surface area contributed by atoms with Crippen LogP contribution in [0.1, 0.15) is 17.5 Å². The molecule has 3 nitrogen and oxygen atoms in total. The second kappa shape index (κ2) is 8.03. The summed E-state index contributed by atoms with van der Waals surface area (Å²) in [4.78, 5) is 11.3. The highest BCUT2D eigenvalue weighted by Gasteiger charge is 2.03. The van der Waals surface area contributed by atoms with E-state index in [4.69, 9.17) is 9.47 Å². The fourth-order valence-electron chi connectivity index (χ4n) is 1.37. The number of hydrogen-bond acceptors (Lipinski definition) is 4. The molecule has 0 N–H and O–H groups in total. The highest BCUT2D eigenvalue weighted by molar-refractivity contribution is 7.98. The molecule has 0 aliphatic heterocycles. The highest BCUT2D eigenvalue weighted by atomic mass is 32.2. The number of carbonyl (C=O) groups excluding carboxylic acids is 1. The van der Waals surface area contributed by atoms with Crippen LogP contribution in [0.4, 0.5) is 0 Å². The maximum Gasteiger partial charge on any atom is 0.309 e. The first-order valence-corrected chi connectivity index (χ1v) is 7.37. The molecular formula is C14H20O3S. The number of aryl methyl sites for hydroxylation is 2. The zero-order chi connectivity index (χ0) is 13.4. The molecule has 1 aromatic carbocycles. The fourth-order valence-corrected chi connectivity index (χ4v) is 1.62. The minimum atomic E-state index is -0.201. The Bertz CT molecular complexity index is 391. The van der Waals surface area contributed by atoms with Crippen molar-refractivity contribution in [1.29, 1.82) is 0 Å². The molecule has 0 radical (unpaired) electrons. The van der Waals surface area contributed by atoms with Crippen LogP contribution in [0.5, 0.6) is 5.75 Å². The average Bonchev–Trinajstić information content (AvgIpc) is 2.34. The largest absolute Gasteiger partial charge is 0.493 e. The van der Waals surface area contributed by atoms with Crippen LogP contribution in [0.25, 0.3) is 0 Å². The van der Waals surface area contributed by atoms with E-state index in [9.17, 15) is 4.79 Å². The third-order valence-corrected chi connectivity index (χ3v) is 3.18. The van der Waals surface area contributed by atoms with Gasteiger partial charge in [-0.25, -0.2) is 0 Å². The summed E-state index contributed by atoms with van der Waals surface area (Å²) in [6.07, 6.45) is 2.28. The number of ether oxygens (including phenoxy) is 2. The second-order valence-electron chi connectivity index (χ2n) is 4.06. The lowest BCUT2D eigenvalue weighted by atomic mass is 10.1. The number of esters is 1. The molecule has 4 heteroatoms. The molecule has 0 aromatic heterocycles. The van der Waals surface area contributed by atoms with Gasteiger partial charge >= 0.3 is 5.97 Å². The quantitative estimate of drug-likeness (QED) is 0.562. The first-order valence-electron chi connectivity index (χ1n) is 5.98. The van der Waals surface area contributed by atoms with Crippen molar-refractivity contribution < 1.29 is 14.3 Å². The van der Waals surface area contributed by atoms with Gasteiger partial charge in [0.05, 0.1) is 13.0 Å². The first-order chi connectivity index (χ1) is 8.63. The van der Waals surface area contributed by atoms with Crippen LogP contribution in [-0.2, 0) is 9.53 Å². The molecule has 0 unspecified atom stereocenters. The molecule has 0 atom stereocenters. The molecule has 0 heterocycles. The standard InChI is InChI=1S/C14H20O3S/c1-11-4-5-13(10-12(11)2)16-7-6-14(15)17-8-9-18-3/h4-5,10H,6-9H2,1-3H3. The van der Waals surface area contributed by atoms with Crippen molar-refractivity contribution in [2.75, 3.05) is 25.2 Å². The molecule has 0 bridgehead atoms. The molecule has 1 rings (SSSR count). The van der Waals surface area contributed by atoms with E-state index in [1.807, 2.05) is 31.4 Å². The van der Waals surface area contributed by atoms with Gasteiger partial charge in [0.15, 0.2) is 0 Å². The lowest BCUT2D eigenvalue weighted by Crippen LogP contribution is -2.11. The van der Waals surface area contributed by atoms with Crippen molar-refractivity contribution in [2.24, 2.45) is 0 Å². The van der Waals surface area contributed by atoms with Gasteiger partial charge in [0.25, 0.3) is 0 Å². The third kappa shape index (κ3) is 5.45. The average molecular weight is 268 g/mol. The van der Waals surface area contributed by atoms with E-state index in [-0.39, 0.29) is 5.97 Å². The van der Waals surface area contributed by atoms with Crippen LogP contribution < -0.4 is 4.74 Å². The lowest BCUT2D eigenvalue weighted by molar-refractivity contribution is -0.143. The summed E-state index contributed by atoms with van der Waals surface area (Å²) in [6.45, 7) is 4.94. The molecule has 0 amide bonds.